The molecule has 1 atom stereocenters. The Labute approximate surface area is 179 Å². The molecule has 0 aromatic heterocycles. The number of carboxylic acids is 2. The zero-order valence-corrected chi connectivity index (χ0v) is 17.3. The molecule has 0 radical (unpaired) electrons. The minimum absolute atomic E-state index is 0.0542. The number of carboxylic acid groups (broad SMARTS) is 2. The fourth-order valence-corrected chi connectivity index (χ4v) is 4.17. The number of rotatable bonds is 9. The Balaban J connectivity index is 1.80. The first-order chi connectivity index (χ1) is 14.5. The highest BCUT2D eigenvalue weighted by Gasteiger charge is 2.23. The van der Waals surface area contributed by atoms with Crippen LogP contribution in [-0.4, -0.2) is 29.3 Å². The summed E-state index contributed by atoms with van der Waals surface area (Å²) in [6.07, 6.45) is -0.134. The van der Waals surface area contributed by atoms with E-state index in [-0.39, 0.29) is 12.8 Å². The van der Waals surface area contributed by atoms with E-state index in [1.54, 1.807) is 19.2 Å². The van der Waals surface area contributed by atoms with Crippen LogP contribution in [-0.2, 0) is 9.59 Å². The number of aliphatic carboxylic acids is 2. The Hall–Kier alpha value is -3.25. The molecule has 0 bridgehead atoms. The molecule has 0 aliphatic rings. The van der Waals surface area contributed by atoms with Gasteiger partial charge in [0.1, 0.15) is 5.75 Å². The number of benzene rings is 3. The van der Waals surface area contributed by atoms with Gasteiger partial charge in [-0.15, -0.1) is 0 Å². The van der Waals surface area contributed by atoms with E-state index in [9.17, 15) is 14.7 Å². The highest BCUT2D eigenvalue weighted by molar-refractivity contribution is 7.99. The van der Waals surface area contributed by atoms with Gasteiger partial charge in [0, 0.05) is 16.2 Å². The van der Waals surface area contributed by atoms with Gasteiger partial charge >= 0.3 is 11.9 Å². The van der Waals surface area contributed by atoms with Crippen molar-refractivity contribution in [2.24, 2.45) is 0 Å². The van der Waals surface area contributed by atoms with Gasteiger partial charge in [0.05, 0.1) is 13.0 Å². The highest BCUT2D eigenvalue weighted by Crippen LogP contribution is 2.36. The normalized spacial score (nSPS) is 11.6. The lowest BCUT2D eigenvalue weighted by atomic mass is 9.94. The van der Waals surface area contributed by atoms with Crippen molar-refractivity contribution in [3.63, 3.8) is 0 Å². The Kier molecular flexibility index (Phi) is 7.14. The molecule has 6 heteroatoms. The minimum Gasteiger partial charge on any atom is -0.497 e. The predicted molar refractivity (Wildman–Crippen MR) is 116 cm³/mol. The van der Waals surface area contributed by atoms with Crippen molar-refractivity contribution in [3.8, 4) is 16.9 Å². The van der Waals surface area contributed by atoms with Crippen LogP contribution in [0.5, 0.6) is 5.75 Å². The average molecular weight is 423 g/mol. The molecule has 0 heterocycles. The smallest absolute Gasteiger partial charge is 0.311 e. The Morgan fingerprint density at radius 3 is 2.07 bits per heavy atom. The fourth-order valence-electron chi connectivity index (χ4n) is 3.17. The summed E-state index contributed by atoms with van der Waals surface area (Å²) in [5, 5.41) is 18.6. The van der Waals surface area contributed by atoms with Gasteiger partial charge in [-0.1, -0.05) is 54.2 Å². The SMILES string of the molecule is COc1ccc(-c2ccc(Sc3ccccc3C(CCC(=O)O)C(=O)O)cc2)cc1. The summed E-state index contributed by atoms with van der Waals surface area (Å²) in [6, 6.07) is 23.1. The molecule has 0 aliphatic heterocycles. The van der Waals surface area contributed by atoms with Crippen LogP contribution >= 0.6 is 11.8 Å². The van der Waals surface area contributed by atoms with E-state index in [4.69, 9.17) is 9.84 Å². The first-order valence-electron chi connectivity index (χ1n) is 9.44. The highest BCUT2D eigenvalue weighted by atomic mass is 32.2. The Morgan fingerprint density at radius 1 is 0.900 bits per heavy atom. The van der Waals surface area contributed by atoms with Crippen LogP contribution in [0, 0.1) is 0 Å². The zero-order valence-electron chi connectivity index (χ0n) is 16.4. The lowest BCUT2D eigenvalue weighted by Crippen LogP contribution is -2.14. The van der Waals surface area contributed by atoms with Crippen molar-refractivity contribution in [3.05, 3.63) is 78.4 Å². The molecule has 154 valence electrons. The zero-order chi connectivity index (χ0) is 21.5. The van der Waals surface area contributed by atoms with Crippen molar-refractivity contribution >= 4 is 23.7 Å². The van der Waals surface area contributed by atoms with E-state index in [1.165, 1.54) is 11.8 Å². The summed E-state index contributed by atoms with van der Waals surface area (Å²) >= 11 is 1.47. The van der Waals surface area contributed by atoms with Crippen molar-refractivity contribution in [1.82, 2.24) is 0 Å². The molecule has 2 N–H and O–H groups in total. The van der Waals surface area contributed by atoms with E-state index in [2.05, 4.69) is 0 Å². The van der Waals surface area contributed by atoms with Gasteiger partial charge in [0.25, 0.3) is 0 Å². The standard InChI is InChI=1S/C24H22O5S/c1-29-18-10-6-16(7-11-18)17-8-12-19(13-9-17)30-22-5-3-2-4-20(22)21(24(27)28)14-15-23(25)26/h2-13,21H,14-15H2,1H3,(H,25,26)(H,27,28). The Morgan fingerprint density at radius 2 is 1.50 bits per heavy atom. The van der Waals surface area contributed by atoms with E-state index < -0.39 is 17.9 Å². The number of methoxy groups -OCH3 is 1. The Bertz CT molecular complexity index is 1010. The molecular formula is C24H22O5S. The molecule has 3 rings (SSSR count). The monoisotopic (exact) mass is 422 g/mol. The third kappa shape index (κ3) is 5.42. The molecular weight excluding hydrogens is 400 g/mol. The van der Waals surface area contributed by atoms with Gasteiger partial charge in [-0.25, -0.2) is 0 Å². The molecule has 0 saturated carbocycles. The van der Waals surface area contributed by atoms with Crippen LogP contribution in [0.3, 0.4) is 0 Å². The largest absolute Gasteiger partial charge is 0.497 e. The molecule has 3 aromatic rings. The third-order valence-electron chi connectivity index (χ3n) is 4.74. The van der Waals surface area contributed by atoms with E-state index in [0.29, 0.717) is 5.56 Å². The van der Waals surface area contributed by atoms with Crippen LogP contribution in [0.1, 0.15) is 24.3 Å². The minimum atomic E-state index is -1.01. The van der Waals surface area contributed by atoms with Gasteiger partial charge in [-0.05, 0) is 53.4 Å². The maximum absolute atomic E-state index is 11.8. The third-order valence-corrected chi connectivity index (χ3v) is 5.84. The van der Waals surface area contributed by atoms with Crippen molar-refractivity contribution in [2.75, 3.05) is 7.11 Å². The molecule has 0 saturated heterocycles. The van der Waals surface area contributed by atoms with Crippen molar-refractivity contribution in [2.45, 2.75) is 28.6 Å². The van der Waals surface area contributed by atoms with Crippen LogP contribution in [0.4, 0.5) is 0 Å². The number of ether oxygens (including phenoxy) is 1. The summed E-state index contributed by atoms with van der Waals surface area (Å²) in [5.74, 6) is -2.07. The molecule has 0 spiro atoms. The van der Waals surface area contributed by atoms with Crippen LogP contribution in [0.15, 0.2) is 82.6 Å². The molecule has 0 fully saturated rings. The maximum Gasteiger partial charge on any atom is 0.311 e. The lowest BCUT2D eigenvalue weighted by Gasteiger charge is -2.16. The van der Waals surface area contributed by atoms with E-state index in [1.807, 2.05) is 60.7 Å². The van der Waals surface area contributed by atoms with E-state index in [0.717, 1.165) is 26.7 Å². The molecule has 3 aromatic carbocycles. The number of hydrogen-bond donors (Lipinski definition) is 2. The quantitative estimate of drug-likeness (QED) is 0.471. The lowest BCUT2D eigenvalue weighted by molar-refractivity contribution is -0.140. The summed E-state index contributed by atoms with van der Waals surface area (Å²) < 4.78 is 5.19. The summed E-state index contributed by atoms with van der Waals surface area (Å²) in [6.45, 7) is 0. The van der Waals surface area contributed by atoms with Crippen LogP contribution < -0.4 is 4.74 Å². The van der Waals surface area contributed by atoms with Crippen molar-refractivity contribution < 1.29 is 24.5 Å². The van der Waals surface area contributed by atoms with E-state index >= 15 is 0 Å². The molecule has 0 aliphatic carbocycles. The van der Waals surface area contributed by atoms with Crippen molar-refractivity contribution in [1.29, 1.82) is 0 Å². The van der Waals surface area contributed by atoms with Crippen LogP contribution in [0.25, 0.3) is 11.1 Å². The van der Waals surface area contributed by atoms with Gasteiger partial charge < -0.3 is 14.9 Å². The molecule has 0 amide bonds. The predicted octanol–water partition coefficient (Wildman–Crippen LogP) is 5.55. The average Bonchev–Trinajstić information content (AvgIpc) is 2.75. The summed E-state index contributed by atoms with van der Waals surface area (Å²) in [5.41, 5.74) is 2.78. The van der Waals surface area contributed by atoms with Gasteiger partial charge in [-0.2, -0.15) is 0 Å². The molecule has 30 heavy (non-hydrogen) atoms. The second kappa shape index (κ2) is 9.98. The molecule has 5 nitrogen and oxygen atoms in total. The summed E-state index contributed by atoms with van der Waals surface area (Å²) in [4.78, 5) is 24.5. The summed E-state index contributed by atoms with van der Waals surface area (Å²) in [7, 11) is 1.63. The first kappa shape index (κ1) is 21.5. The van der Waals surface area contributed by atoms with Gasteiger partial charge in [-0.3, -0.25) is 9.59 Å². The topological polar surface area (TPSA) is 83.8 Å². The number of hydrogen-bond acceptors (Lipinski definition) is 4. The number of carbonyl (C=O) groups is 2. The molecule has 1 unspecified atom stereocenters. The maximum atomic E-state index is 11.8. The van der Waals surface area contributed by atoms with Crippen LogP contribution in [0.2, 0.25) is 0 Å². The second-order valence-electron chi connectivity index (χ2n) is 6.72. The first-order valence-corrected chi connectivity index (χ1v) is 10.3. The van der Waals surface area contributed by atoms with Gasteiger partial charge in [0.15, 0.2) is 0 Å². The van der Waals surface area contributed by atoms with Gasteiger partial charge in [0.2, 0.25) is 0 Å². The second-order valence-corrected chi connectivity index (χ2v) is 7.83. The fraction of sp³-hybridized carbons (Fsp3) is 0.167.